The second kappa shape index (κ2) is 6.64. The highest BCUT2D eigenvalue weighted by Crippen LogP contribution is 2.44. The maximum Gasteiger partial charge on any atom is 0.333 e. The number of para-hydroxylation sites is 2. The quantitative estimate of drug-likeness (QED) is 0.687. The fraction of sp³-hybridized carbons (Fsp3) is 0.350. The number of hydrogen-bond acceptors (Lipinski definition) is 4. The van der Waals surface area contributed by atoms with Crippen molar-refractivity contribution in [2.75, 3.05) is 18.4 Å². The van der Waals surface area contributed by atoms with E-state index in [-0.39, 0.29) is 29.2 Å². The molecule has 2 aliphatic heterocycles. The van der Waals surface area contributed by atoms with Crippen LogP contribution < -0.4 is 5.32 Å². The van der Waals surface area contributed by atoms with Crippen molar-refractivity contribution in [3.8, 4) is 5.69 Å². The highest BCUT2D eigenvalue weighted by Gasteiger charge is 2.44. The Balaban J connectivity index is 1.44. The summed E-state index contributed by atoms with van der Waals surface area (Å²) in [5, 5.41) is 7.19. The number of fused-ring (bicyclic) bond motifs is 4. The molecule has 158 valence electrons. The van der Waals surface area contributed by atoms with Crippen LogP contribution >= 0.6 is 0 Å². The van der Waals surface area contributed by atoms with Crippen LogP contribution in [0.4, 0.5) is 14.5 Å². The summed E-state index contributed by atoms with van der Waals surface area (Å²) in [6, 6.07) is 12.1. The van der Waals surface area contributed by atoms with E-state index >= 15 is 0 Å². The van der Waals surface area contributed by atoms with Crippen LogP contribution in [0.2, 0.25) is 0 Å². The monoisotopic (exact) mass is 433 g/mol. The summed E-state index contributed by atoms with van der Waals surface area (Å²) in [4.78, 5) is -0.163. The van der Waals surface area contributed by atoms with Gasteiger partial charge in [-0.25, -0.2) is 13.1 Å². The number of halogens is 2. The van der Waals surface area contributed by atoms with Crippen LogP contribution in [0.1, 0.15) is 30.8 Å². The van der Waals surface area contributed by atoms with Crippen molar-refractivity contribution >= 4 is 15.7 Å². The summed E-state index contributed by atoms with van der Waals surface area (Å²) < 4.78 is 56.2. The van der Waals surface area contributed by atoms with Crippen LogP contribution in [0.5, 0.6) is 0 Å². The molecule has 0 aliphatic carbocycles. The second-order valence-corrected chi connectivity index (χ2v) is 9.61. The van der Waals surface area contributed by atoms with Gasteiger partial charge in [-0.05, 0) is 44.0 Å². The van der Waals surface area contributed by atoms with Gasteiger partial charge >= 0.3 is 6.55 Å². The Morgan fingerprint density at radius 3 is 2.57 bits per heavy atom. The van der Waals surface area contributed by atoms with Gasteiger partial charge in [-0.15, -0.1) is 0 Å². The third kappa shape index (κ3) is 2.70. The lowest BCUT2D eigenvalue weighted by atomic mass is 9.83. The number of hydrogen-bond donors (Lipinski definition) is 1. The molecule has 4 heterocycles. The first kappa shape index (κ1) is 19.3. The summed E-state index contributed by atoms with van der Waals surface area (Å²) in [7, 11) is -3.90. The molecule has 10 heteroatoms. The zero-order valence-electron chi connectivity index (χ0n) is 16.3. The van der Waals surface area contributed by atoms with E-state index in [9.17, 15) is 17.2 Å². The van der Waals surface area contributed by atoms with E-state index in [4.69, 9.17) is 0 Å². The maximum atomic E-state index is 13.1. The van der Waals surface area contributed by atoms with Crippen LogP contribution in [0, 0.1) is 6.92 Å². The van der Waals surface area contributed by atoms with Crippen LogP contribution in [-0.2, 0) is 15.6 Å². The zero-order chi connectivity index (χ0) is 21.1. The van der Waals surface area contributed by atoms with Gasteiger partial charge in [-0.1, -0.05) is 12.1 Å². The van der Waals surface area contributed by atoms with Crippen LogP contribution in [0.25, 0.3) is 5.69 Å². The summed E-state index contributed by atoms with van der Waals surface area (Å²) in [6.07, 6.45) is 4.16. The first-order chi connectivity index (χ1) is 14.3. The van der Waals surface area contributed by atoms with E-state index in [0.29, 0.717) is 17.5 Å². The second-order valence-electron chi connectivity index (χ2n) is 7.71. The fourth-order valence-corrected chi connectivity index (χ4v) is 6.17. The molecule has 0 radical (unpaired) electrons. The normalized spacial score (nSPS) is 18.3. The molecule has 7 nitrogen and oxygen atoms in total. The highest BCUT2D eigenvalue weighted by atomic mass is 32.2. The predicted octanol–water partition coefficient (Wildman–Crippen LogP) is 3.48. The van der Waals surface area contributed by atoms with Crippen molar-refractivity contribution in [2.24, 2.45) is 0 Å². The SMILES string of the molecule is Cc1c(S(=O)(=O)N2CCC3(CC2)Nc2ccccc2-n2cccc23)cnn1C(F)F. The smallest absolute Gasteiger partial charge is 0.333 e. The van der Waals surface area contributed by atoms with Crippen molar-refractivity contribution < 1.29 is 17.2 Å². The number of alkyl halides is 2. The highest BCUT2D eigenvalue weighted by molar-refractivity contribution is 7.89. The molecular weight excluding hydrogens is 412 g/mol. The molecule has 0 unspecified atom stereocenters. The van der Waals surface area contributed by atoms with Gasteiger partial charge in [0.2, 0.25) is 10.0 Å². The molecule has 1 saturated heterocycles. The van der Waals surface area contributed by atoms with Crippen molar-refractivity contribution in [1.29, 1.82) is 0 Å². The minimum absolute atomic E-state index is 0.0520. The number of piperidine rings is 1. The van der Waals surface area contributed by atoms with Gasteiger partial charge in [-0.2, -0.15) is 18.2 Å². The molecule has 1 N–H and O–H groups in total. The first-order valence-corrected chi connectivity index (χ1v) is 11.2. The number of rotatable bonds is 3. The minimum atomic E-state index is -3.90. The lowest BCUT2D eigenvalue weighted by molar-refractivity contribution is 0.0541. The molecule has 2 aromatic heterocycles. The molecule has 1 fully saturated rings. The van der Waals surface area contributed by atoms with Gasteiger partial charge < -0.3 is 9.88 Å². The largest absolute Gasteiger partial charge is 0.372 e. The molecule has 0 atom stereocenters. The number of aromatic nitrogens is 3. The molecule has 0 saturated carbocycles. The van der Waals surface area contributed by atoms with Crippen LogP contribution in [-0.4, -0.2) is 40.2 Å². The molecule has 0 bridgehead atoms. The fourth-order valence-electron chi connectivity index (χ4n) is 4.58. The van der Waals surface area contributed by atoms with E-state index in [1.165, 1.54) is 11.2 Å². The Bertz CT molecular complexity index is 1210. The van der Waals surface area contributed by atoms with E-state index in [2.05, 4.69) is 21.0 Å². The van der Waals surface area contributed by atoms with E-state index < -0.39 is 16.6 Å². The van der Waals surface area contributed by atoms with Gasteiger partial charge in [-0.3, -0.25) is 0 Å². The average Bonchev–Trinajstić information content (AvgIpc) is 3.36. The summed E-state index contributed by atoms with van der Waals surface area (Å²) >= 11 is 0. The molecule has 2 aliphatic rings. The van der Waals surface area contributed by atoms with Gasteiger partial charge in [0.25, 0.3) is 0 Å². The van der Waals surface area contributed by atoms with Gasteiger partial charge in [0.15, 0.2) is 0 Å². The Labute approximate surface area is 173 Å². The number of nitrogens with one attached hydrogen (secondary N) is 1. The van der Waals surface area contributed by atoms with Gasteiger partial charge in [0.05, 0.1) is 28.8 Å². The third-order valence-corrected chi connectivity index (χ3v) is 8.16. The topological polar surface area (TPSA) is 72.2 Å². The number of nitrogens with zero attached hydrogens (tertiary/aromatic N) is 4. The average molecular weight is 433 g/mol. The standard InChI is InChI=1S/C20H21F2N5O2S/c1-14-17(13-23-27(14)19(21)22)30(28,29)25-11-8-20(9-12-25)18-7-4-10-26(18)16-6-3-2-5-15(16)24-20/h2-7,10,13,19,24H,8-9,11-12H2,1H3. The van der Waals surface area contributed by atoms with Crippen LogP contribution in [0.3, 0.4) is 0 Å². The van der Waals surface area contributed by atoms with Crippen molar-refractivity contribution in [2.45, 2.75) is 36.7 Å². The Kier molecular flexibility index (Phi) is 4.26. The number of anilines is 1. The Morgan fingerprint density at radius 1 is 1.13 bits per heavy atom. The molecule has 5 rings (SSSR count). The summed E-state index contributed by atoms with van der Waals surface area (Å²) in [5.74, 6) is 0. The first-order valence-electron chi connectivity index (χ1n) is 9.71. The lowest BCUT2D eigenvalue weighted by Gasteiger charge is -2.45. The van der Waals surface area contributed by atoms with Gasteiger partial charge in [0, 0.05) is 25.0 Å². The predicted molar refractivity (Wildman–Crippen MR) is 107 cm³/mol. The summed E-state index contributed by atoms with van der Waals surface area (Å²) in [6.45, 7) is -0.966. The number of sulfonamides is 1. The molecule has 3 aromatic rings. The molecule has 1 aromatic carbocycles. The minimum Gasteiger partial charge on any atom is -0.372 e. The van der Waals surface area contributed by atoms with Crippen molar-refractivity contribution in [3.05, 3.63) is 60.2 Å². The molecule has 0 amide bonds. The van der Waals surface area contributed by atoms with Gasteiger partial charge in [0.1, 0.15) is 4.90 Å². The molecular formula is C20H21F2N5O2S. The van der Waals surface area contributed by atoms with Crippen molar-refractivity contribution in [1.82, 2.24) is 18.7 Å². The van der Waals surface area contributed by atoms with Crippen molar-refractivity contribution in [3.63, 3.8) is 0 Å². The zero-order valence-corrected chi connectivity index (χ0v) is 17.1. The molecule has 30 heavy (non-hydrogen) atoms. The Hall–Kier alpha value is -2.72. The number of benzene rings is 1. The lowest BCUT2D eigenvalue weighted by Crippen LogP contribution is -2.51. The van der Waals surface area contributed by atoms with E-state index in [1.807, 2.05) is 36.5 Å². The molecule has 1 spiro atoms. The maximum absolute atomic E-state index is 13.1. The van der Waals surface area contributed by atoms with E-state index in [0.717, 1.165) is 23.3 Å². The Morgan fingerprint density at radius 2 is 1.87 bits per heavy atom. The third-order valence-electron chi connectivity index (χ3n) is 6.15. The summed E-state index contributed by atoms with van der Waals surface area (Å²) in [5.41, 5.74) is 2.73. The van der Waals surface area contributed by atoms with Crippen LogP contribution in [0.15, 0.2) is 53.7 Å². The van der Waals surface area contributed by atoms with E-state index in [1.54, 1.807) is 0 Å².